The Labute approximate surface area is 209 Å². The van der Waals surface area contributed by atoms with Gasteiger partial charge < -0.3 is 20.2 Å². The molecule has 0 saturated heterocycles. The molecule has 2 aromatic heterocycles. The van der Waals surface area contributed by atoms with E-state index in [4.69, 9.17) is 21.0 Å². The number of aromatic nitrogens is 2. The van der Waals surface area contributed by atoms with Crippen molar-refractivity contribution in [3.05, 3.63) is 94.3 Å². The van der Waals surface area contributed by atoms with E-state index in [9.17, 15) is 14.7 Å². The van der Waals surface area contributed by atoms with Gasteiger partial charge in [-0.1, -0.05) is 41.9 Å². The molecule has 2 aromatic carbocycles. The first-order valence-electron chi connectivity index (χ1n) is 10.8. The van der Waals surface area contributed by atoms with Crippen molar-refractivity contribution < 1.29 is 19.1 Å². The minimum Gasteiger partial charge on any atom is -0.478 e. The Hall–Kier alpha value is -4.70. The molecule has 1 aliphatic rings. The van der Waals surface area contributed by atoms with E-state index >= 15 is 0 Å². The molecule has 0 aliphatic carbocycles. The molecular weight excluding hydrogens is 484 g/mol. The maximum absolute atomic E-state index is 13.4. The second-order valence-corrected chi connectivity index (χ2v) is 8.27. The largest absolute Gasteiger partial charge is 0.478 e. The quantitative estimate of drug-likeness (QED) is 0.310. The predicted molar refractivity (Wildman–Crippen MR) is 135 cm³/mol. The van der Waals surface area contributed by atoms with Crippen LogP contribution in [0.3, 0.4) is 0 Å². The summed E-state index contributed by atoms with van der Waals surface area (Å²) in [5, 5.41) is 18.4. The number of nitrogens with zero attached hydrogens (tertiary/aromatic N) is 3. The van der Waals surface area contributed by atoms with Gasteiger partial charge in [0.2, 0.25) is 5.96 Å². The minimum atomic E-state index is -1.13. The number of pyridine rings is 1. The van der Waals surface area contributed by atoms with Gasteiger partial charge in [0.05, 0.1) is 11.1 Å². The molecule has 36 heavy (non-hydrogen) atoms. The third-order valence-electron chi connectivity index (χ3n) is 5.45. The van der Waals surface area contributed by atoms with Crippen LogP contribution in [-0.2, 0) is 4.79 Å². The molecule has 1 atom stereocenters. The molecule has 5 rings (SSSR count). The standard InChI is InChI=1S/C25H19ClN6O4/c1-13-20(22(33)30-19-12-14(23(34)35)10-11-27-19)21(15-6-2-3-7-16(15)26)31-24(28-13)32-25-29-17-8-4-5-9-18(17)36-25/h2-12,21H,1H3,(H,34,35)(H,27,30,33)(H2,28,29,31,32)/t21-/m1/s1. The smallest absolute Gasteiger partial charge is 0.335 e. The summed E-state index contributed by atoms with van der Waals surface area (Å²) >= 11 is 6.48. The van der Waals surface area contributed by atoms with Gasteiger partial charge in [-0.3, -0.25) is 10.1 Å². The fourth-order valence-corrected chi connectivity index (χ4v) is 4.04. The van der Waals surface area contributed by atoms with Gasteiger partial charge in [0.25, 0.3) is 5.91 Å². The van der Waals surface area contributed by atoms with Gasteiger partial charge in [-0.05, 0) is 37.3 Å². The highest BCUT2D eigenvalue weighted by molar-refractivity contribution is 6.31. The number of aliphatic imine (C=N–C) groups is 1. The Kier molecular flexibility index (Phi) is 6.09. The summed E-state index contributed by atoms with van der Waals surface area (Å²) in [6, 6.07) is 16.5. The number of aromatic carboxylic acids is 1. The lowest BCUT2D eigenvalue weighted by Crippen LogP contribution is -2.37. The van der Waals surface area contributed by atoms with Crippen LogP contribution in [0.5, 0.6) is 0 Å². The molecule has 10 nitrogen and oxygen atoms in total. The number of allylic oxidation sites excluding steroid dienone is 1. The van der Waals surface area contributed by atoms with Crippen LogP contribution in [0.25, 0.3) is 11.1 Å². The van der Waals surface area contributed by atoms with Crippen LogP contribution in [0.2, 0.25) is 5.02 Å². The highest BCUT2D eigenvalue weighted by Crippen LogP contribution is 2.35. The molecule has 4 aromatic rings. The van der Waals surface area contributed by atoms with Crippen molar-refractivity contribution in [2.75, 3.05) is 10.6 Å². The number of amides is 1. The summed E-state index contributed by atoms with van der Waals surface area (Å²) < 4.78 is 5.73. The fourth-order valence-electron chi connectivity index (χ4n) is 3.80. The Morgan fingerprint density at radius 2 is 1.89 bits per heavy atom. The van der Waals surface area contributed by atoms with Crippen LogP contribution in [0, 0.1) is 0 Å². The van der Waals surface area contributed by atoms with Crippen molar-refractivity contribution in [1.29, 1.82) is 0 Å². The van der Waals surface area contributed by atoms with E-state index in [1.165, 1.54) is 18.3 Å². The SMILES string of the molecule is CC1=C(C(=O)Nc2cc(C(=O)O)ccn2)[C@@H](c2ccccc2Cl)N=C(Nc2nc3ccccc3o2)N1. The van der Waals surface area contributed by atoms with E-state index in [1.807, 2.05) is 18.2 Å². The number of carbonyl (C=O) groups excluding carboxylic acids is 1. The number of rotatable bonds is 5. The van der Waals surface area contributed by atoms with Gasteiger partial charge in [0.1, 0.15) is 17.4 Å². The molecule has 180 valence electrons. The van der Waals surface area contributed by atoms with E-state index in [-0.39, 0.29) is 23.0 Å². The Bertz CT molecular complexity index is 1530. The van der Waals surface area contributed by atoms with Gasteiger partial charge in [0.15, 0.2) is 5.58 Å². The maximum atomic E-state index is 13.4. The third kappa shape index (κ3) is 4.62. The number of fused-ring (bicyclic) bond motifs is 1. The molecule has 11 heteroatoms. The Balaban J connectivity index is 1.48. The van der Waals surface area contributed by atoms with Gasteiger partial charge in [0, 0.05) is 22.5 Å². The van der Waals surface area contributed by atoms with Crippen LogP contribution in [0.1, 0.15) is 28.9 Å². The third-order valence-corrected chi connectivity index (χ3v) is 5.80. The second-order valence-electron chi connectivity index (χ2n) is 7.87. The normalized spacial score (nSPS) is 15.3. The van der Waals surface area contributed by atoms with Gasteiger partial charge in [-0.2, -0.15) is 4.98 Å². The first-order valence-corrected chi connectivity index (χ1v) is 11.2. The lowest BCUT2D eigenvalue weighted by atomic mass is 9.95. The topological polar surface area (TPSA) is 142 Å². The fraction of sp³-hybridized carbons (Fsp3) is 0.0800. The number of anilines is 2. The van der Waals surface area contributed by atoms with Crippen molar-refractivity contribution in [3.8, 4) is 0 Å². The monoisotopic (exact) mass is 502 g/mol. The zero-order chi connectivity index (χ0) is 25.2. The van der Waals surface area contributed by atoms with Crippen molar-refractivity contribution in [2.24, 2.45) is 4.99 Å². The summed E-state index contributed by atoms with van der Waals surface area (Å²) in [6.45, 7) is 1.72. The molecule has 0 fully saturated rings. The molecule has 1 aliphatic heterocycles. The molecule has 0 saturated carbocycles. The average molecular weight is 503 g/mol. The molecule has 0 bridgehead atoms. The van der Waals surface area contributed by atoms with E-state index in [0.717, 1.165) is 0 Å². The molecule has 3 heterocycles. The number of carboxylic acid groups (broad SMARTS) is 1. The minimum absolute atomic E-state index is 0.00161. The van der Waals surface area contributed by atoms with Gasteiger partial charge in [-0.15, -0.1) is 0 Å². The van der Waals surface area contributed by atoms with Crippen molar-refractivity contribution in [2.45, 2.75) is 13.0 Å². The highest BCUT2D eigenvalue weighted by Gasteiger charge is 2.31. The van der Waals surface area contributed by atoms with Crippen LogP contribution < -0.4 is 16.0 Å². The molecule has 1 amide bonds. The predicted octanol–water partition coefficient (Wildman–Crippen LogP) is 4.60. The first-order chi connectivity index (χ1) is 17.4. The first kappa shape index (κ1) is 23.1. The van der Waals surface area contributed by atoms with Crippen molar-refractivity contribution in [1.82, 2.24) is 15.3 Å². The summed E-state index contributed by atoms with van der Waals surface area (Å²) in [5.41, 5.74) is 2.69. The number of carboxylic acids is 1. The van der Waals surface area contributed by atoms with E-state index in [2.05, 4.69) is 25.9 Å². The zero-order valence-corrected chi connectivity index (χ0v) is 19.6. The van der Waals surface area contributed by atoms with Gasteiger partial charge in [-0.25, -0.2) is 14.8 Å². The average Bonchev–Trinajstić information content (AvgIpc) is 3.26. The lowest BCUT2D eigenvalue weighted by molar-refractivity contribution is -0.113. The number of benzene rings is 2. The van der Waals surface area contributed by atoms with Crippen molar-refractivity contribution >= 4 is 52.4 Å². The summed E-state index contributed by atoms with van der Waals surface area (Å²) in [4.78, 5) is 37.8. The number of hydrogen-bond donors (Lipinski definition) is 4. The lowest BCUT2D eigenvalue weighted by Gasteiger charge is -2.26. The maximum Gasteiger partial charge on any atom is 0.335 e. The molecule has 0 radical (unpaired) electrons. The van der Waals surface area contributed by atoms with Crippen molar-refractivity contribution in [3.63, 3.8) is 0 Å². The number of halogens is 1. The number of carbonyl (C=O) groups is 2. The summed E-state index contributed by atoms with van der Waals surface area (Å²) in [6.07, 6.45) is 1.31. The van der Waals surface area contributed by atoms with Gasteiger partial charge >= 0.3 is 12.0 Å². The van der Waals surface area contributed by atoms with E-state index in [0.29, 0.717) is 33.3 Å². The number of para-hydroxylation sites is 2. The molecule has 0 unspecified atom stereocenters. The second kappa shape index (κ2) is 9.51. The zero-order valence-electron chi connectivity index (χ0n) is 18.8. The van der Waals surface area contributed by atoms with Crippen LogP contribution >= 0.6 is 11.6 Å². The number of nitrogens with one attached hydrogen (secondary N) is 3. The number of guanidine groups is 1. The summed E-state index contributed by atoms with van der Waals surface area (Å²) in [7, 11) is 0. The molecular formula is C25H19ClN6O4. The molecule has 4 N–H and O–H groups in total. The van der Waals surface area contributed by atoms with E-state index < -0.39 is 17.9 Å². The number of oxazole rings is 1. The summed E-state index contributed by atoms with van der Waals surface area (Å²) in [5.74, 6) is -1.23. The Morgan fingerprint density at radius 1 is 1.11 bits per heavy atom. The Morgan fingerprint density at radius 3 is 2.67 bits per heavy atom. The highest BCUT2D eigenvalue weighted by atomic mass is 35.5. The van der Waals surface area contributed by atoms with Crippen LogP contribution in [0.4, 0.5) is 11.8 Å². The number of hydrogen-bond acceptors (Lipinski definition) is 8. The molecule has 0 spiro atoms. The van der Waals surface area contributed by atoms with Crippen LogP contribution in [-0.4, -0.2) is 32.9 Å². The van der Waals surface area contributed by atoms with E-state index in [1.54, 1.807) is 37.3 Å². The van der Waals surface area contributed by atoms with Crippen LogP contribution in [0.15, 0.2) is 87.5 Å².